The van der Waals surface area contributed by atoms with Crippen LogP contribution >= 0.6 is 0 Å². The molecule has 0 saturated heterocycles. The van der Waals surface area contributed by atoms with E-state index in [0.717, 1.165) is 0 Å². The summed E-state index contributed by atoms with van der Waals surface area (Å²) in [5.74, 6) is 0. The Morgan fingerprint density at radius 2 is 1.29 bits per heavy atom. The van der Waals surface area contributed by atoms with Gasteiger partial charge in [-0.25, -0.2) is 0 Å². The first-order valence-electron chi connectivity index (χ1n) is 8.48. The van der Waals surface area contributed by atoms with E-state index < -0.39 is 0 Å². The maximum Gasteiger partial charge on any atom is 0.0435 e. The average Bonchev–Trinajstić information content (AvgIpc) is 2.93. The van der Waals surface area contributed by atoms with Crippen LogP contribution in [0.3, 0.4) is 0 Å². The van der Waals surface area contributed by atoms with E-state index in [9.17, 15) is 0 Å². The van der Waals surface area contributed by atoms with Crippen LogP contribution in [0.25, 0.3) is 21.9 Å². The maximum absolute atomic E-state index is 2.36. The van der Waals surface area contributed by atoms with Crippen LogP contribution in [0.1, 0.15) is 23.6 Å². The van der Waals surface area contributed by atoms with Crippen LogP contribution in [0.4, 0.5) is 0 Å². The fraction of sp³-hybridized carbons (Fsp3) is 0.0833. The average molecular weight is 306 g/mol. The Morgan fingerprint density at radius 3 is 2.17 bits per heavy atom. The molecule has 1 atom stereocenters. The Hall–Kier alpha value is -2.86. The van der Waals surface area contributed by atoms with Crippen molar-refractivity contribution in [2.45, 2.75) is 12.3 Å². The third-order valence-corrected chi connectivity index (χ3v) is 5.55. The van der Waals surface area contributed by atoms with Crippen molar-refractivity contribution in [1.29, 1.82) is 0 Å². The highest BCUT2D eigenvalue weighted by atomic mass is 14.4. The van der Waals surface area contributed by atoms with Crippen LogP contribution in [0, 0.1) is 0 Å². The third kappa shape index (κ3) is 1.63. The fourth-order valence-corrected chi connectivity index (χ4v) is 4.34. The molecule has 114 valence electrons. The minimum Gasteiger partial charge on any atom is -0.0622 e. The molecule has 5 rings (SSSR count). The molecule has 0 unspecified atom stereocenters. The molecule has 0 N–H and O–H groups in total. The monoisotopic (exact) mass is 306 g/mol. The third-order valence-electron chi connectivity index (χ3n) is 5.55. The molecular formula is C24H18. The highest BCUT2D eigenvalue weighted by molar-refractivity contribution is 6.03. The smallest absolute Gasteiger partial charge is 0.0435 e. The first kappa shape index (κ1) is 13.6. The predicted molar refractivity (Wildman–Crippen MR) is 101 cm³/mol. The van der Waals surface area contributed by atoms with Crippen LogP contribution in [-0.2, 0) is 5.41 Å². The summed E-state index contributed by atoms with van der Waals surface area (Å²) >= 11 is 0. The lowest BCUT2D eigenvalue weighted by atomic mass is 9.74. The number of benzene rings is 4. The van der Waals surface area contributed by atoms with Gasteiger partial charge in [0.25, 0.3) is 0 Å². The molecule has 0 aromatic heterocycles. The Labute approximate surface area is 142 Å². The lowest BCUT2D eigenvalue weighted by molar-refractivity contribution is 0.714. The van der Waals surface area contributed by atoms with Gasteiger partial charge in [-0.1, -0.05) is 91.0 Å². The zero-order valence-electron chi connectivity index (χ0n) is 13.7. The van der Waals surface area contributed by atoms with Gasteiger partial charge in [0.05, 0.1) is 0 Å². The van der Waals surface area contributed by atoms with Crippen molar-refractivity contribution in [2.24, 2.45) is 0 Å². The zero-order chi connectivity index (χ0) is 16.1. The second kappa shape index (κ2) is 4.82. The van der Waals surface area contributed by atoms with Gasteiger partial charge in [0.2, 0.25) is 0 Å². The molecule has 0 spiro atoms. The van der Waals surface area contributed by atoms with Crippen molar-refractivity contribution in [3.63, 3.8) is 0 Å². The Kier molecular flexibility index (Phi) is 2.72. The van der Waals surface area contributed by atoms with Crippen molar-refractivity contribution < 1.29 is 0 Å². The summed E-state index contributed by atoms with van der Waals surface area (Å²) in [5.41, 5.74) is 6.84. The van der Waals surface area contributed by atoms with Crippen molar-refractivity contribution in [1.82, 2.24) is 0 Å². The lowest BCUT2D eigenvalue weighted by Crippen LogP contribution is -2.22. The summed E-state index contributed by atoms with van der Waals surface area (Å²) in [4.78, 5) is 0. The standard InChI is InChI=1S/C24H18/c1-24(18-10-3-2-4-11-18)21-14-8-7-13-20(21)23-19-12-6-5-9-17(19)15-16-22(23)24/h2-16H,1H3/t24-/m1/s1. The molecule has 0 heterocycles. The molecule has 0 fully saturated rings. The molecular weight excluding hydrogens is 288 g/mol. The van der Waals surface area contributed by atoms with Gasteiger partial charge >= 0.3 is 0 Å². The molecule has 4 aromatic rings. The van der Waals surface area contributed by atoms with Crippen LogP contribution in [0.15, 0.2) is 91.0 Å². The summed E-state index contributed by atoms with van der Waals surface area (Å²) in [5, 5.41) is 2.66. The molecule has 1 aliphatic carbocycles. The highest BCUT2D eigenvalue weighted by Crippen LogP contribution is 2.54. The number of fused-ring (bicyclic) bond motifs is 5. The Morgan fingerprint density at radius 1 is 0.583 bits per heavy atom. The maximum atomic E-state index is 2.36. The van der Waals surface area contributed by atoms with Gasteiger partial charge in [0.1, 0.15) is 0 Å². The van der Waals surface area contributed by atoms with Crippen molar-refractivity contribution in [3.05, 3.63) is 108 Å². The molecule has 0 aliphatic heterocycles. The van der Waals surface area contributed by atoms with Crippen LogP contribution in [0.5, 0.6) is 0 Å². The predicted octanol–water partition coefficient (Wildman–Crippen LogP) is 6.17. The summed E-state index contributed by atoms with van der Waals surface area (Å²) in [6, 6.07) is 33.1. The van der Waals surface area contributed by atoms with Crippen LogP contribution in [0.2, 0.25) is 0 Å². The SMILES string of the molecule is C[C@@]1(c2ccccc2)c2ccccc2-c2c1ccc1ccccc21. The van der Waals surface area contributed by atoms with E-state index in [0.29, 0.717) is 0 Å². The minimum atomic E-state index is -0.1000. The van der Waals surface area contributed by atoms with Gasteiger partial charge in [-0.05, 0) is 45.5 Å². The zero-order valence-corrected chi connectivity index (χ0v) is 13.7. The summed E-state index contributed by atoms with van der Waals surface area (Å²) < 4.78 is 0. The summed E-state index contributed by atoms with van der Waals surface area (Å²) in [6.45, 7) is 2.36. The van der Waals surface area contributed by atoms with Crippen LogP contribution < -0.4 is 0 Å². The number of hydrogen-bond donors (Lipinski definition) is 0. The Bertz CT molecular complexity index is 1060. The first-order chi connectivity index (χ1) is 11.8. The molecule has 1 aliphatic rings. The largest absolute Gasteiger partial charge is 0.0622 e. The molecule has 4 aromatic carbocycles. The van der Waals surface area contributed by atoms with Gasteiger partial charge in [-0.2, -0.15) is 0 Å². The first-order valence-corrected chi connectivity index (χ1v) is 8.48. The van der Waals surface area contributed by atoms with Crippen molar-refractivity contribution >= 4 is 10.8 Å². The molecule has 0 radical (unpaired) electrons. The second-order valence-electron chi connectivity index (χ2n) is 6.75. The fourth-order valence-electron chi connectivity index (χ4n) is 4.34. The van der Waals surface area contributed by atoms with Crippen molar-refractivity contribution in [3.8, 4) is 11.1 Å². The molecule has 0 saturated carbocycles. The highest BCUT2D eigenvalue weighted by Gasteiger charge is 2.41. The number of rotatable bonds is 1. The Balaban J connectivity index is 1.95. The van der Waals surface area contributed by atoms with E-state index in [4.69, 9.17) is 0 Å². The van der Waals surface area contributed by atoms with Crippen molar-refractivity contribution in [2.75, 3.05) is 0 Å². The van der Waals surface area contributed by atoms with Gasteiger partial charge in [-0.3, -0.25) is 0 Å². The van der Waals surface area contributed by atoms with E-state index >= 15 is 0 Å². The van der Waals surface area contributed by atoms with E-state index in [1.165, 1.54) is 38.6 Å². The molecule has 0 bridgehead atoms. The second-order valence-corrected chi connectivity index (χ2v) is 6.75. The van der Waals surface area contributed by atoms with Crippen LogP contribution in [-0.4, -0.2) is 0 Å². The van der Waals surface area contributed by atoms with E-state index in [-0.39, 0.29) is 5.41 Å². The minimum absolute atomic E-state index is 0.1000. The van der Waals surface area contributed by atoms with Gasteiger partial charge in [-0.15, -0.1) is 0 Å². The van der Waals surface area contributed by atoms with Gasteiger partial charge < -0.3 is 0 Å². The molecule has 0 heteroatoms. The molecule has 24 heavy (non-hydrogen) atoms. The topological polar surface area (TPSA) is 0 Å². The number of hydrogen-bond acceptors (Lipinski definition) is 0. The van der Waals surface area contributed by atoms with Gasteiger partial charge in [0.15, 0.2) is 0 Å². The normalized spacial score (nSPS) is 18.4. The lowest BCUT2D eigenvalue weighted by Gasteiger charge is -2.28. The quantitative estimate of drug-likeness (QED) is 0.394. The van der Waals surface area contributed by atoms with E-state index in [2.05, 4.69) is 97.9 Å². The molecule has 0 amide bonds. The summed E-state index contributed by atoms with van der Waals surface area (Å²) in [6.07, 6.45) is 0. The summed E-state index contributed by atoms with van der Waals surface area (Å²) in [7, 11) is 0. The molecule has 0 nitrogen and oxygen atoms in total. The van der Waals surface area contributed by atoms with Gasteiger partial charge in [0, 0.05) is 5.41 Å². The van der Waals surface area contributed by atoms with E-state index in [1.54, 1.807) is 0 Å². The van der Waals surface area contributed by atoms with E-state index in [1.807, 2.05) is 0 Å².